The molecular weight excluding hydrogens is 582 g/mol. The molecule has 244 valence electrons. The van der Waals surface area contributed by atoms with Crippen molar-refractivity contribution >= 4 is 9.84 Å². The maximum absolute atomic E-state index is 14.6. The zero-order valence-electron chi connectivity index (χ0n) is 27.2. The number of rotatable bonds is 8. The predicted octanol–water partition coefficient (Wildman–Crippen LogP) is 6.94. The first-order valence-electron chi connectivity index (χ1n) is 15.9. The second kappa shape index (κ2) is 15.4. The fraction of sp³-hybridized carbons (Fsp3) is 0.545. The molecule has 1 saturated heterocycles. The van der Waals surface area contributed by atoms with E-state index in [0.29, 0.717) is 6.42 Å². The van der Waals surface area contributed by atoms with Gasteiger partial charge in [0.15, 0.2) is 9.84 Å². The second-order valence-corrected chi connectivity index (χ2v) is 13.3. The largest absolute Gasteiger partial charge is 0.278 e. The van der Waals surface area contributed by atoms with Crippen molar-refractivity contribution in [3.8, 4) is 11.3 Å². The molecule has 5 atom stereocenters. The van der Waals surface area contributed by atoms with Crippen LogP contribution in [0.1, 0.15) is 117 Å². The first-order valence-corrected chi connectivity index (χ1v) is 17.6. The van der Waals surface area contributed by atoms with Gasteiger partial charge in [-0.3, -0.25) is 10.3 Å². The zero-order valence-corrected chi connectivity index (χ0v) is 28.0. The Morgan fingerprint density at radius 1 is 1.00 bits per heavy atom. The summed E-state index contributed by atoms with van der Waals surface area (Å²) in [5.41, 5.74) is 9.01. The van der Waals surface area contributed by atoms with Crippen LogP contribution in [0.2, 0.25) is 0 Å². The van der Waals surface area contributed by atoms with Gasteiger partial charge in [0, 0.05) is 7.18 Å². The number of sulfone groups is 1. The number of nitrogens with zero attached hydrogens (tertiary/aromatic N) is 3. The molecule has 3 heterocycles. The molecule has 0 bridgehead atoms. The lowest BCUT2D eigenvalue weighted by Gasteiger charge is -2.40. The number of halogens is 2. The number of hydrogen-bond acceptors (Lipinski definition) is 8. The van der Waals surface area contributed by atoms with Crippen LogP contribution in [0.4, 0.5) is 8.78 Å². The van der Waals surface area contributed by atoms with E-state index < -0.39 is 44.5 Å². The minimum atomic E-state index is -3.24. The molecule has 11 heteroatoms. The molecule has 8 nitrogen and oxygen atoms in total. The third kappa shape index (κ3) is 6.85. The number of hydrazine groups is 1. The first-order chi connectivity index (χ1) is 21.1. The van der Waals surface area contributed by atoms with Crippen molar-refractivity contribution in [2.24, 2.45) is 0 Å². The van der Waals surface area contributed by atoms with Crippen LogP contribution in [0.5, 0.6) is 0 Å². The quantitative estimate of drug-likeness (QED) is 0.245. The molecule has 1 aliphatic heterocycles. The highest BCUT2D eigenvalue weighted by atomic mass is 32.2. The van der Waals surface area contributed by atoms with Gasteiger partial charge in [0.2, 0.25) is 0 Å². The number of nitrogens with one attached hydrogen (secondary N) is 3. The lowest BCUT2D eigenvalue weighted by atomic mass is 9.65. The average Bonchev–Trinajstić information content (AvgIpc) is 3.56. The van der Waals surface area contributed by atoms with Crippen LogP contribution in [0.15, 0.2) is 42.5 Å². The van der Waals surface area contributed by atoms with Gasteiger partial charge in [-0.05, 0) is 74.4 Å². The van der Waals surface area contributed by atoms with Crippen molar-refractivity contribution in [3.05, 3.63) is 76.7 Å². The molecule has 1 fully saturated rings. The molecule has 3 aromatic rings. The normalized spacial score (nSPS) is 23.5. The van der Waals surface area contributed by atoms with Crippen molar-refractivity contribution in [2.45, 2.75) is 110 Å². The lowest BCUT2D eigenvalue weighted by Crippen LogP contribution is -2.47. The fourth-order valence-electron chi connectivity index (χ4n) is 6.04. The molecule has 2 aliphatic rings. The Kier molecular flexibility index (Phi) is 12.5. The summed E-state index contributed by atoms with van der Waals surface area (Å²) >= 11 is 0. The van der Waals surface area contributed by atoms with Gasteiger partial charge in [0.25, 0.3) is 0 Å². The third-order valence-electron chi connectivity index (χ3n) is 8.68. The smallest absolute Gasteiger partial charge is 0.155 e. The summed E-state index contributed by atoms with van der Waals surface area (Å²) in [7, 11) is -3.24. The number of fused-ring (bicyclic) bond motifs is 1. The zero-order chi connectivity index (χ0) is 32.7. The van der Waals surface area contributed by atoms with E-state index in [0.717, 1.165) is 41.9 Å². The van der Waals surface area contributed by atoms with Crippen molar-refractivity contribution < 1.29 is 18.6 Å². The van der Waals surface area contributed by atoms with Gasteiger partial charge >= 0.3 is 0 Å². The van der Waals surface area contributed by atoms with Gasteiger partial charge in [-0.25, -0.2) is 28.1 Å². The Labute approximate surface area is 263 Å². The van der Waals surface area contributed by atoms with Gasteiger partial charge in [-0.15, -0.1) is 5.10 Å². The van der Waals surface area contributed by atoms with Crippen LogP contribution in [-0.4, -0.2) is 40.8 Å². The van der Waals surface area contributed by atoms with Gasteiger partial charge in [-0.1, -0.05) is 60.6 Å². The fourth-order valence-corrected chi connectivity index (χ4v) is 7.13. The minimum Gasteiger partial charge on any atom is -0.278 e. The Balaban J connectivity index is 0.00000136. The average molecular weight is 633 g/mol. The van der Waals surface area contributed by atoms with Gasteiger partial charge < -0.3 is 0 Å². The minimum absolute atomic E-state index is 0. The van der Waals surface area contributed by atoms with E-state index in [1.807, 2.05) is 45.9 Å². The monoisotopic (exact) mass is 632 g/mol. The summed E-state index contributed by atoms with van der Waals surface area (Å²) in [5, 5.41) is 11.7. The van der Waals surface area contributed by atoms with E-state index in [4.69, 9.17) is 4.98 Å². The van der Waals surface area contributed by atoms with Gasteiger partial charge in [0.1, 0.15) is 17.8 Å². The molecular formula is C33H50F2N6O2S. The summed E-state index contributed by atoms with van der Waals surface area (Å²) in [6.45, 7) is 15.5. The molecule has 5 rings (SSSR count). The van der Waals surface area contributed by atoms with Crippen LogP contribution in [0, 0.1) is 11.6 Å². The van der Waals surface area contributed by atoms with Crippen LogP contribution in [0.3, 0.4) is 0 Å². The van der Waals surface area contributed by atoms with Crippen molar-refractivity contribution in [1.82, 2.24) is 31.3 Å². The number of aromatic nitrogens is 3. The summed E-state index contributed by atoms with van der Waals surface area (Å²) in [4.78, 5) is 5.05. The summed E-state index contributed by atoms with van der Waals surface area (Å²) in [5.74, 6) is -1.08. The second-order valence-electron chi connectivity index (χ2n) is 10.7. The Bertz CT molecular complexity index is 1490. The molecule has 0 spiro atoms. The van der Waals surface area contributed by atoms with Crippen molar-refractivity contribution in [1.29, 1.82) is 0 Å². The third-order valence-corrected chi connectivity index (χ3v) is 10.9. The molecule has 2 unspecified atom stereocenters. The van der Waals surface area contributed by atoms with E-state index in [2.05, 4.69) is 40.2 Å². The highest BCUT2D eigenvalue weighted by molar-refractivity contribution is 7.92. The van der Waals surface area contributed by atoms with E-state index >= 15 is 0 Å². The summed E-state index contributed by atoms with van der Waals surface area (Å²) in [6.07, 6.45) is 2.41. The van der Waals surface area contributed by atoms with Crippen LogP contribution in [0.25, 0.3) is 11.3 Å². The Morgan fingerprint density at radius 2 is 1.66 bits per heavy atom. The first kappa shape index (κ1) is 35.6. The SMILES string of the molecule is CC.CC.CC[C@H]1CC[C@](CC)(c2cccc(C3NNC([C@@H](C)S(=O)(=O)CC)N3)n2)c2nnc(-c3c(F)cccc3F)cc21.[HH]. The van der Waals surface area contributed by atoms with Crippen LogP contribution >= 0.6 is 0 Å². The molecule has 0 amide bonds. The number of hydrogen-bond donors (Lipinski definition) is 3. The van der Waals surface area contributed by atoms with Crippen molar-refractivity contribution in [2.75, 3.05) is 5.75 Å². The highest BCUT2D eigenvalue weighted by Crippen LogP contribution is 2.49. The lowest BCUT2D eigenvalue weighted by molar-refractivity contribution is 0.351. The summed E-state index contributed by atoms with van der Waals surface area (Å²) in [6, 6.07) is 11.4. The molecule has 3 N–H and O–H groups in total. The van der Waals surface area contributed by atoms with E-state index in [-0.39, 0.29) is 24.4 Å². The van der Waals surface area contributed by atoms with Gasteiger partial charge in [-0.2, -0.15) is 5.10 Å². The molecule has 0 radical (unpaired) electrons. The van der Waals surface area contributed by atoms with E-state index in [1.165, 1.54) is 18.2 Å². The molecule has 2 aromatic heterocycles. The molecule has 0 saturated carbocycles. The number of pyridine rings is 1. The standard InChI is InChI=1S/C29H36F2N6O2S.2C2H6.H2/c1-5-18-14-15-29(6-2,26-19(18)16-23(34-35-26)25-20(30)10-8-11-21(25)31)24-13-9-12-22(32-24)28-33-27(36-37-28)17(4)40(38,39)7-3;2*1-2;/h8-13,16-18,27-28,33,36-37H,5-7,14-15H2,1-4H3;2*1-2H3;1H/t17-,18+,27?,28?,29-;;;/m1.../s1. The Morgan fingerprint density at radius 3 is 2.27 bits per heavy atom. The van der Waals surface area contributed by atoms with Gasteiger partial charge in [0.05, 0.1) is 45.2 Å². The van der Waals surface area contributed by atoms with E-state index in [1.54, 1.807) is 19.9 Å². The predicted molar refractivity (Wildman–Crippen MR) is 175 cm³/mol. The van der Waals surface area contributed by atoms with Crippen molar-refractivity contribution in [3.63, 3.8) is 0 Å². The topological polar surface area (TPSA) is 109 Å². The maximum atomic E-state index is 14.6. The molecule has 1 aliphatic carbocycles. The highest BCUT2D eigenvalue weighted by Gasteiger charge is 2.43. The van der Waals surface area contributed by atoms with Crippen LogP contribution < -0.4 is 16.2 Å². The Hall–Kier alpha value is -2.86. The number of benzene rings is 1. The summed E-state index contributed by atoms with van der Waals surface area (Å²) < 4.78 is 54.1. The van der Waals surface area contributed by atoms with E-state index in [9.17, 15) is 17.2 Å². The maximum Gasteiger partial charge on any atom is 0.155 e. The van der Waals surface area contributed by atoms with Crippen LogP contribution in [-0.2, 0) is 15.3 Å². The molecule has 1 aromatic carbocycles. The molecule has 44 heavy (non-hydrogen) atoms.